The van der Waals surface area contributed by atoms with Crippen molar-refractivity contribution in [2.75, 3.05) is 17.2 Å². The molecule has 1 heterocycles. The zero-order valence-corrected chi connectivity index (χ0v) is 9.78. The Morgan fingerprint density at radius 3 is 2.76 bits per heavy atom. The van der Waals surface area contributed by atoms with E-state index < -0.39 is 0 Å². The van der Waals surface area contributed by atoms with E-state index in [1.54, 1.807) is 0 Å². The summed E-state index contributed by atoms with van der Waals surface area (Å²) in [4.78, 5) is 13.8. The minimum absolute atomic E-state index is 0.0116. The van der Waals surface area contributed by atoms with Crippen LogP contribution >= 0.6 is 0 Å². The molecule has 90 valence electrons. The molecule has 3 N–H and O–H groups in total. The first kappa shape index (κ1) is 10.4. The zero-order chi connectivity index (χ0) is 11.9. The number of hydrogen-bond donors (Lipinski definition) is 2. The number of nitrogens with one attached hydrogen (secondary N) is 1. The maximum Gasteiger partial charge on any atom is 0.322 e. The number of carbonyl (C=O) groups is 1. The van der Waals surface area contributed by atoms with E-state index in [1.807, 2.05) is 29.2 Å². The molecular formula is C13H17N3O. The van der Waals surface area contributed by atoms with E-state index in [1.165, 1.54) is 12.8 Å². The molecule has 1 aliphatic heterocycles. The van der Waals surface area contributed by atoms with Gasteiger partial charge in [-0.2, -0.15) is 0 Å². The fraction of sp³-hybridized carbons (Fsp3) is 0.462. The number of nitrogens with zero attached hydrogens (tertiary/aromatic N) is 1. The van der Waals surface area contributed by atoms with Crippen LogP contribution < -0.4 is 16.0 Å². The molecule has 0 atom stereocenters. The molecule has 0 bridgehead atoms. The van der Waals surface area contributed by atoms with Crippen molar-refractivity contribution < 1.29 is 4.79 Å². The Bertz CT molecular complexity index is 452. The minimum atomic E-state index is 0.0116. The summed E-state index contributed by atoms with van der Waals surface area (Å²) in [5.41, 5.74) is 7.37. The van der Waals surface area contributed by atoms with Crippen LogP contribution in [0.4, 0.5) is 16.2 Å². The molecule has 4 nitrogen and oxygen atoms in total. The number of rotatable bonds is 1. The van der Waals surface area contributed by atoms with Gasteiger partial charge in [0.1, 0.15) is 0 Å². The molecule has 2 fully saturated rings. The van der Waals surface area contributed by atoms with Gasteiger partial charge in [-0.05, 0) is 31.0 Å². The van der Waals surface area contributed by atoms with Gasteiger partial charge in [0, 0.05) is 11.4 Å². The first-order valence-electron chi connectivity index (χ1n) is 6.14. The van der Waals surface area contributed by atoms with Crippen LogP contribution in [0, 0.1) is 0 Å². The number of anilines is 2. The summed E-state index contributed by atoms with van der Waals surface area (Å²) in [6, 6.07) is 7.52. The number of benzene rings is 1. The van der Waals surface area contributed by atoms with E-state index in [-0.39, 0.29) is 11.6 Å². The van der Waals surface area contributed by atoms with Crippen LogP contribution in [-0.4, -0.2) is 18.1 Å². The van der Waals surface area contributed by atoms with Gasteiger partial charge >= 0.3 is 6.03 Å². The molecule has 1 saturated heterocycles. The molecule has 2 amide bonds. The van der Waals surface area contributed by atoms with Gasteiger partial charge in [-0.1, -0.05) is 18.9 Å². The summed E-state index contributed by atoms with van der Waals surface area (Å²) < 4.78 is 0. The normalized spacial score (nSPS) is 22.1. The topological polar surface area (TPSA) is 58.4 Å². The molecule has 0 unspecified atom stereocenters. The van der Waals surface area contributed by atoms with Crippen molar-refractivity contribution in [3.63, 3.8) is 0 Å². The van der Waals surface area contributed by atoms with E-state index in [0.29, 0.717) is 5.69 Å². The van der Waals surface area contributed by atoms with E-state index in [2.05, 4.69) is 5.32 Å². The number of hydrogen-bond acceptors (Lipinski definition) is 2. The van der Waals surface area contributed by atoms with E-state index >= 15 is 0 Å². The first-order chi connectivity index (χ1) is 8.19. The summed E-state index contributed by atoms with van der Waals surface area (Å²) in [6.07, 6.45) is 4.62. The quantitative estimate of drug-likeness (QED) is 0.727. The highest BCUT2D eigenvalue weighted by Gasteiger charge is 2.44. The second kappa shape index (κ2) is 3.65. The molecule has 4 heteroatoms. The first-order valence-corrected chi connectivity index (χ1v) is 6.14. The van der Waals surface area contributed by atoms with Crippen LogP contribution in [0.3, 0.4) is 0 Å². The molecule has 1 aliphatic carbocycles. The summed E-state index contributed by atoms with van der Waals surface area (Å²) in [5, 5.41) is 3.14. The van der Waals surface area contributed by atoms with Crippen molar-refractivity contribution in [3.8, 4) is 0 Å². The van der Waals surface area contributed by atoms with Crippen LogP contribution in [0.15, 0.2) is 24.3 Å². The van der Waals surface area contributed by atoms with Gasteiger partial charge < -0.3 is 11.1 Å². The Kier molecular flexibility index (Phi) is 2.24. The number of nitrogens with two attached hydrogens (primary N) is 1. The monoisotopic (exact) mass is 231 g/mol. The van der Waals surface area contributed by atoms with Crippen LogP contribution in [0.25, 0.3) is 0 Å². The number of nitrogen functional groups attached to an aromatic ring is 1. The van der Waals surface area contributed by atoms with Crippen molar-refractivity contribution in [1.29, 1.82) is 0 Å². The maximum absolute atomic E-state index is 12.0. The standard InChI is InChI=1S/C13H17N3O/c14-10-4-3-5-11(8-10)16-9-13(15-12(16)17)6-1-2-7-13/h3-5,8H,1-2,6-7,9,14H2,(H,15,17). The lowest BCUT2D eigenvalue weighted by Gasteiger charge is -2.22. The van der Waals surface area contributed by atoms with Gasteiger partial charge in [-0.25, -0.2) is 4.79 Å². The van der Waals surface area contributed by atoms with E-state index in [4.69, 9.17) is 5.73 Å². The second-order valence-corrected chi connectivity index (χ2v) is 5.10. The fourth-order valence-corrected chi connectivity index (χ4v) is 2.94. The molecule has 1 spiro atoms. The highest BCUT2D eigenvalue weighted by molar-refractivity contribution is 5.95. The Morgan fingerprint density at radius 2 is 2.06 bits per heavy atom. The van der Waals surface area contributed by atoms with E-state index in [9.17, 15) is 4.79 Å². The zero-order valence-electron chi connectivity index (χ0n) is 9.78. The number of amides is 2. The van der Waals surface area contributed by atoms with Crippen LogP contribution in [0.2, 0.25) is 0 Å². The third-order valence-electron chi connectivity index (χ3n) is 3.82. The smallest absolute Gasteiger partial charge is 0.322 e. The Hall–Kier alpha value is -1.71. The van der Waals surface area contributed by atoms with Crippen LogP contribution in [-0.2, 0) is 0 Å². The van der Waals surface area contributed by atoms with Gasteiger partial charge in [0.2, 0.25) is 0 Å². The summed E-state index contributed by atoms with van der Waals surface area (Å²) >= 11 is 0. The second-order valence-electron chi connectivity index (χ2n) is 5.10. The van der Waals surface area contributed by atoms with Crippen molar-refractivity contribution in [2.24, 2.45) is 0 Å². The number of urea groups is 1. The molecule has 17 heavy (non-hydrogen) atoms. The van der Waals surface area contributed by atoms with Crippen molar-refractivity contribution in [1.82, 2.24) is 5.32 Å². The average molecular weight is 231 g/mol. The summed E-state index contributed by atoms with van der Waals surface area (Å²) in [5.74, 6) is 0. The lowest BCUT2D eigenvalue weighted by Crippen LogP contribution is -2.40. The molecule has 1 saturated carbocycles. The third-order valence-corrected chi connectivity index (χ3v) is 3.82. The molecule has 0 aromatic heterocycles. The summed E-state index contributed by atoms with van der Waals surface area (Å²) in [7, 11) is 0. The Balaban J connectivity index is 1.87. The van der Waals surface area contributed by atoms with Gasteiger partial charge in [0.15, 0.2) is 0 Å². The predicted molar refractivity (Wildman–Crippen MR) is 67.9 cm³/mol. The molecule has 1 aromatic rings. The van der Waals surface area contributed by atoms with E-state index in [0.717, 1.165) is 25.1 Å². The Labute approximate surface area is 101 Å². The molecule has 2 aliphatic rings. The summed E-state index contributed by atoms with van der Waals surface area (Å²) in [6.45, 7) is 0.773. The molecule has 1 aromatic carbocycles. The van der Waals surface area contributed by atoms with Gasteiger partial charge in [-0.3, -0.25) is 4.90 Å². The fourth-order valence-electron chi connectivity index (χ4n) is 2.94. The minimum Gasteiger partial charge on any atom is -0.399 e. The van der Waals surface area contributed by atoms with Crippen LogP contribution in [0.1, 0.15) is 25.7 Å². The highest BCUT2D eigenvalue weighted by Crippen LogP contribution is 2.35. The van der Waals surface area contributed by atoms with Gasteiger partial charge in [-0.15, -0.1) is 0 Å². The van der Waals surface area contributed by atoms with Gasteiger partial charge in [0.25, 0.3) is 0 Å². The largest absolute Gasteiger partial charge is 0.399 e. The van der Waals surface area contributed by atoms with Crippen molar-refractivity contribution in [3.05, 3.63) is 24.3 Å². The van der Waals surface area contributed by atoms with Crippen molar-refractivity contribution >= 4 is 17.4 Å². The molecule has 3 rings (SSSR count). The molecule has 0 radical (unpaired) electrons. The Morgan fingerprint density at radius 1 is 1.29 bits per heavy atom. The average Bonchev–Trinajstić information content (AvgIpc) is 2.87. The van der Waals surface area contributed by atoms with Gasteiger partial charge in [0.05, 0.1) is 12.1 Å². The van der Waals surface area contributed by atoms with Crippen molar-refractivity contribution in [2.45, 2.75) is 31.2 Å². The lowest BCUT2D eigenvalue weighted by molar-refractivity contribution is 0.247. The molecular weight excluding hydrogens is 214 g/mol. The highest BCUT2D eigenvalue weighted by atomic mass is 16.2. The van der Waals surface area contributed by atoms with Crippen LogP contribution in [0.5, 0.6) is 0 Å². The SMILES string of the molecule is Nc1cccc(N2CC3(CCCC3)NC2=O)c1. The number of carbonyl (C=O) groups excluding carboxylic acids is 1. The predicted octanol–water partition coefficient (Wildman–Crippen LogP) is 2.11. The third kappa shape index (κ3) is 1.73. The maximum atomic E-state index is 12.0. The lowest BCUT2D eigenvalue weighted by atomic mass is 9.99.